The van der Waals surface area contributed by atoms with Crippen LogP contribution in [0.25, 0.3) is 11.1 Å². The summed E-state index contributed by atoms with van der Waals surface area (Å²) in [7, 11) is 0. The van der Waals surface area contributed by atoms with Crippen molar-refractivity contribution >= 4 is 0 Å². The molecule has 0 radical (unpaired) electrons. The molecule has 0 unspecified atom stereocenters. The average molecular weight is 590 g/mol. The molecule has 0 bridgehead atoms. The van der Waals surface area contributed by atoms with Crippen molar-refractivity contribution in [3.8, 4) is 34.5 Å². The Morgan fingerprint density at radius 1 is 0.700 bits per heavy atom. The molecule has 0 spiro atoms. The maximum Gasteiger partial charge on any atom is 0.422 e. The zero-order valence-electron chi connectivity index (χ0n) is 19.5. The first kappa shape index (κ1) is 30.5. The van der Waals surface area contributed by atoms with Crippen molar-refractivity contribution in [2.75, 3.05) is 6.61 Å². The summed E-state index contributed by atoms with van der Waals surface area (Å²) in [6, 6.07) is 0.523. The highest BCUT2D eigenvalue weighted by Crippen LogP contribution is 2.45. The van der Waals surface area contributed by atoms with Crippen LogP contribution in [-0.2, 0) is 6.18 Å². The summed E-state index contributed by atoms with van der Waals surface area (Å²) in [6.45, 7) is -2.98. The molecule has 0 aliphatic rings. The molecule has 3 aromatic carbocycles. The predicted molar refractivity (Wildman–Crippen MR) is 111 cm³/mol. The van der Waals surface area contributed by atoms with Crippen LogP contribution in [0.2, 0.25) is 0 Å². The lowest BCUT2D eigenvalue weighted by molar-refractivity contribution is -0.142. The molecule has 0 fully saturated rings. The van der Waals surface area contributed by atoms with Gasteiger partial charge in [0.25, 0.3) is 0 Å². The van der Waals surface area contributed by atoms with Crippen molar-refractivity contribution in [1.29, 1.82) is 0 Å². The lowest BCUT2D eigenvalue weighted by atomic mass is 9.95. The van der Waals surface area contributed by atoms with E-state index in [0.29, 0.717) is 0 Å². The topological polar surface area (TPSA) is 18.5 Å². The molecule has 0 amide bonds. The van der Waals surface area contributed by atoms with E-state index in [-0.39, 0.29) is 24.6 Å². The second-order valence-corrected chi connectivity index (χ2v) is 7.67. The molecule has 0 aromatic heterocycles. The third kappa shape index (κ3) is 5.90. The van der Waals surface area contributed by atoms with Crippen LogP contribution >= 0.6 is 0 Å². The Balaban J connectivity index is 2.45. The van der Waals surface area contributed by atoms with E-state index in [4.69, 9.17) is 0 Å². The predicted octanol–water partition coefficient (Wildman–Crippen LogP) is 8.28. The van der Waals surface area contributed by atoms with Gasteiger partial charge in [-0.2, -0.15) is 30.7 Å². The third-order valence-electron chi connectivity index (χ3n) is 4.96. The van der Waals surface area contributed by atoms with Crippen molar-refractivity contribution < 1.29 is 66.5 Å². The molecule has 0 saturated carbocycles. The van der Waals surface area contributed by atoms with E-state index in [9.17, 15) is 52.7 Å². The van der Waals surface area contributed by atoms with E-state index in [2.05, 4.69) is 9.47 Å². The number of benzene rings is 3. The lowest BCUT2D eigenvalue weighted by Gasteiger charge is -2.19. The zero-order valence-corrected chi connectivity index (χ0v) is 19.5. The van der Waals surface area contributed by atoms with E-state index < -0.39 is 105 Å². The maximum atomic E-state index is 15.0. The molecular formula is C25H11F13O2. The van der Waals surface area contributed by atoms with Gasteiger partial charge in [-0.1, -0.05) is 18.8 Å². The van der Waals surface area contributed by atoms with Crippen LogP contribution in [0.4, 0.5) is 57.1 Å². The Bertz CT molecular complexity index is 1470. The summed E-state index contributed by atoms with van der Waals surface area (Å²) < 4.78 is 191. The van der Waals surface area contributed by atoms with Crippen LogP contribution < -0.4 is 9.47 Å². The van der Waals surface area contributed by atoms with Crippen molar-refractivity contribution in [2.24, 2.45) is 0 Å². The second-order valence-electron chi connectivity index (χ2n) is 7.67. The molecule has 214 valence electrons. The monoisotopic (exact) mass is 590 g/mol. The van der Waals surface area contributed by atoms with Gasteiger partial charge in [0.15, 0.2) is 29.0 Å². The molecule has 3 aromatic rings. The first-order valence-electron chi connectivity index (χ1n) is 10.6. The van der Waals surface area contributed by atoms with Gasteiger partial charge in [-0.25, -0.2) is 26.3 Å². The number of hydrogen-bond acceptors (Lipinski definition) is 2. The highest BCUT2D eigenvalue weighted by Gasteiger charge is 2.42. The Kier molecular flexibility index (Phi) is 8.81. The van der Waals surface area contributed by atoms with Crippen LogP contribution in [0, 0.1) is 58.4 Å². The molecule has 40 heavy (non-hydrogen) atoms. The quantitative estimate of drug-likeness (QED) is 0.164. The van der Waals surface area contributed by atoms with Crippen molar-refractivity contribution in [3.63, 3.8) is 0 Å². The fraction of sp³-hybridized carbons (Fsp3) is 0.200. The smallest absolute Gasteiger partial charge is 0.422 e. The first-order chi connectivity index (χ1) is 18.6. The van der Waals surface area contributed by atoms with Crippen molar-refractivity contribution in [1.82, 2.24) is 0 Å². The minimum Gasteiger partial charge on any atom is -0.487 e. The Hall–Kier alpha value is -4.09. The summed E-state index contributed by atoms with van der Waals surface area (Å²) in [6.07, 6.45) is -5.80. The SMILES string of the molecule is CCCOc1c(F)c(F)c(C#Cc2c(F)c(C(F)(F)F)c(F)c(-c3cc(F)cc(F)c3)c2OC(F)F)c(F)c1F. The van der Waals surface area contributed by atoms with Gasteiger partial charge in [-0.3, -0.25) is 0 Å². The van der Waals surface area contributed by atoms with Gasteiger partial charge < -0.3 is 9.47 Å². The van der Waals surface area contributed by atoms with Gasteiger partial charge in [0.05, 0.1) is 12.2 Å². The summed E-state index contributed by atoms with van der Waals surface area (Å²) in [5, 5.41) is 0. The molecule has 15 heteroatoms. The molecule has 0 heterocycles. The van der Waals surface area contributed by atoms with Gasteiger partial charge in [0.2, 0.25) is 11.6 Å². The van der Waals surface area contributed by atoms with Crippen LogP contribution in [0.3, 0.4) is 0 Å². The van der Waals surface area contributed by atoms with E-state index in [1.165, 1.54) is 18.8 Å². The molecule has 0 saturated heterocycles. The van der Waals surface area contributed by atoms with Crippen LogP contribution in [-0.4, -0.2) is 13.2 Å². The number of hydrogen-bond donors (Lipinski definition) is 0. The Labute approximate surface area is 215 Å². The summed E-state index contributed by atoms with van der Waals surface area (Å²) in [5.41, 5.74) is -9.58. The van der Waals surface area contributed by atoms with Gasteiger partial charge in [0, 0.05) is 6.07 Å². The largest absolute Gasteiger partial charge is 0.487 e. The lowest BCUT2D eigenvalue weighted by Crippen LogP contribution is -2.17. The minimum absolute atomic E-state index is 0.138. The van der Waals surface area contributed by atoms with Gasteiger partial charge in [-0.15, -0.1) is 0 Å². The molecule has 2 nitrogen and oxygen atoms in total. The van der Waals surface area contributed by atoms with E-state index >= 15 is 4.39 Å². The molecule has 0 aliphatic carbocycles. The summed E-state index contributed by atoms with van der Waals surface area (Å²) in [4.78, 5) is 0. The number of ether oxygens (including phenoxy) is 2. The summed E-state index contributed by atoms with van der Waals surface area (Å²) >= 11 is 0. The second kappa shape index (κ2) is 11.6. The molecular weight excluding hydrogens is 579 g/mol. The van der Waals surface area contributed by atoms with Crippen LogP contribution in [0.1, 0.15) is 30.0 Å². The fourth-order valence-corrected chi connectivity index (χ4v) is 3.37. The number of alkyl halides is 5. The fourth-order valence-electron chi connectivity index (χ4n) is 3.37. The average Bonchev–Trinajstić information content (AvgIpc) is 2.82. The standard InChI is InChI=1S/C25H11F13O2/c1-2-5-39-23-20(32)17(29)12(18(30)21(23)33)3-4-13-16(28)15(25(36,37)38)19(31)14(22(13)40-24(34)35)9-6-10(26)8-11(27)7-9/h6-8,24H,2,5H2,1H3. The van der Waals surface area contributed by atoms with E-state index in [1.54, 1.807) is 0 Å². The highest BCUT2D eigenvalue weighted by atomic mass is 19.4. The highest BCUT2D eigenvalue weighted by molar-refractivity contribution is 5.77. The number of rotatable bonds is 6. The number of halogens is 13. The summed E-state index contributed by atoms with van der Waals surface area (Å²) in [5.74, 6) is -18.1. The van der Waals surface area contributed by atoms with E-state index in [0.717, 1.165) is 0 Å². The van der Waals surface area contributed by atoms with Gasteiger partial charge in [-0.05, 0) is 24.1 Å². The van der Waals surface area contributed by atoms with Crippen LogP contribution in [0.5, 0.6) is 11.5 Å². The molecule has 0 N–H and O–H groups in total. The molecule has 3 rings (SSSR count). The van der Waals surface area contributed by atoms with Crippen LogP contribution in [0.15, 0.2) is 18.2 Å². The minimum atomic E-state index is -5.94. The van der Waals surface area contributed by atoms with Gasteiger partial charge >= 0.3 is 12.8 Å². The first-order valence-corrected chi connectivity index (χ1v) is 10.6. The zero-order chi connectivity index (χ0) is 30.1. The van der Waals surface area contributed by atoms with Crippen molar-refractivity contribution in [3.05, 3.63) is 81.4 Å². The maximum absolute atomic E-state index is 15.0. The van der Waals surface area contributed by atoms with Crippen molar-refractivity contribution in [2.45, 2.75) is 26.1 Å². The Morgan fingerprint density at radius 2 is 1.23 bits per heavy atom. The Morgan fingerprint density at radius 3 is 1.70 bits per heavy atom. The van der Waals surface area contributed by atoms with Gasteiger partial charge in [0.1, 0.15) is 34.1 Å². The molecule has 0 aliphatic heterocycles. The third-order valence-corrected chi connectivity index (χ3v) is 4.96. The van der Waals surface area contributed by atoms with E-state index in [1.807, 2.05) is 0 Å². The normalized spacial score (nSPS) is 11.5. The molecule has 0 atom stereocenters.